The Labute approximate surface area is 134 Å². The van der Waals surface area contributed by atoms with Gasteiger partial charge in [0.25, 0.3) is 5.91 Å². The van der Waals surface area contributed by atoms with Crippen molar-refractivity contribution in [3.63, 3.8) is 0 Å². The van der Waals surface area contributed by atoms with Gasteiger partial charge in [0, 0.05) is 10.7 Å². The van der Waals surface area contributed by atoms with Crippen LogP contribution in [0.2, 0.25) is 5.02 Å². The summed E-state index contributed by atoms with van der Waals surface area (Å²) in [5, 5.41) is 12.1. The monoisotopic (exact) mass is 314 g/mol. The minimum absolute atomic E-state index is 0.274. The molecule has 0 aromatic heterocycles. The second-order valence-electron chi connectivity index (χ2n) is 4.85. The van der Waals surface area contributed by atoms with Gasteiger partial charge in [0.1, 0.15) is 5.75 Å². The Kier molecular flexibility index (Phi) is 5.03. The van der Waals surface area contributed by atoms with Crippen LogP contribution >= 0.6 is 11.6 Å². The van der Waals surface area contributed by atoms with Gasteiger partial charge in [-0.15, -0.1) is 0 Å². The molecule has 0 aliphatic heterocycles. The number of nitrogens with one attached hydrogen (secondary N) is 1. The number of carbonyl (C=O) groups is 1. The van der Waals surface area contributed by atoms with Crippen molar-refractivity contribution in [1.82, 2.24) is 0 Å². The van der Waals surface area contributed by atoms with Crippen molar-refractivity contribution >= 4 is 23.2 Å². The van der Waals surface area contributed by atoms with Crippen molar-refractivity contribution in [1.29, 1.82) is 5.26 Å². The van der Waals surface area contributed by atoms with Crippen LogP contribution in [0, 0.1) is 18.3 Å². The van der Waals surface area contributed by atoms with Gasteiger partial charge in [0.15, 0.2) is 6.10 Å². The zero-order chi connectivity index (χ0) is 16.1. The van der Waals surface area contributed by atoms with Gasteiger partial charge >= 0.3 is 0 Å². The molecule has 2 rings (SSSR count). The molecule has 2 aromatic carbocycles. The molecule has 1 atom stereocenters. The molecule has 4 nitrogen and oxygen atoms in total. The molecule has 0 radical (unpaired) electrons. The predicted octanol–water partition coefficient (Wildman–Crippen LogP) is 3.93. The molecule has 5 heteroatoms. The predicted molar refractivity (Wildman–Crippen MR) is 86.1 cm³/mol. The summed E-state index contributed by atoms with van der Waals surface area (Å²) < 4.78 is 5.55. The zero-order valence-corrected chi connectivity index (χ0v) is 13.0. The highest BCUT2D eigenvalue weighted by atomic mass is 35.5. The SMILES string of the molecule is Cc1ccc(NC(=O)[C@@H](C)Oc2ccc(C#N)cc2)cc1Cl. The Morgan fingerprint density at radius 2 is 1.95 bits per heavy atom. The van der Waals surface area contributed by atoms with Crippen molar-refractivity contribution in [3.05, 3.63) is 58.6 Å². The molecule has 0 saturated carbocycles. The van der Waals surface area contributed by atoms with E-state index in [-0.39, 0.29) is 5.91 Å². The highest BCUT2D eigenvalue weighted by Gasteiger charge is 2.15. The van der Waals surface area contributed by atoms with E-state index in [1.54, 1.807) is 43.3 Å². The molecule has 1 N–H and O–H groups in total. The van der Waals surface area contributed by atoms with Crippen LogP contribution in [0.15, 0.2) is 42.5 Å². The Morgan fingerprint density at radius 1 is 1.27 bits per heavy atom. The lowest BCUT2D eigenvalue weighted by Crippen LogP contribution is -2.30. The lowest BCUT2D eigenvalue weighted by molar-refractivity contribution is -0.122. The number of benzene rings is 2. The molecule has 0 heterocycles. The van der Waals surface area contributed by atoms with Crippen molar-refractivity contribution in [2.75, 3.05) is 5.32 Å². The average Bonchev–Trinajstić information content (AvgIpc) is 2.51. The van der Waals surface area contributed by atoms with Crippen molar-refractivity contribution in [2.45, 2.75) is 20.0 Å². The normalized spacial score (nSPS) is 11.4. The number of aryl methyl sites for hydroxylation is 1. The number of hydrogen-bond acceptors (Lipinski definition) is 3. The number of nitrogens with zero attached hydrogens (tertiary/aromatic N) is 1. The number of halogens is 1. The van der Waals surface area contributed by atoms with Gasteiger partial charge in [0.05, 0.1) is 11.6 Å². The van der Waals surface area contributed by atoms with Gasteiger partial charge in [-0.2, -0.15) is 5.26 Å². The summed E-state index contributed by atoms with van der Waals surface area (Å²) in [4.78, 5) is 12.1. The molecule has 0 unspecified atom stereocenters. The van der Waals surface area contributed by atoms with Gasteiger partial charge in [-0.05, 0) is 55.8 Å². The number of carbonyl (C=O) groups excluding carboxylic acids is 1. The number of ether oxygens (including phenoxy) is 1. The van der Waals surface area contributed by atoms with Gasteiger partial charge in [-0.25, -0.2) is 0 Å². The van der Waals surface area contributed by atoms with Gasteiger partial charge in [-0.1, -0.05) is 17.7 Å². The molecule has 0 bridgehead atoms. The Hall–Kier alpha value is -2.51. The van der Waals surface area contributed by atoms with Gasteiger partial charge < -0.3 is 10.1 Å². The van der Waals surface area contributed by atoms with E-state index >= 15 is 0 Å². The molecule has 0 aliphatic rings. The Morgan fingerprint density at radius 3 is 2.55 bits per heavy atom. The van der Waals surface area contributed by atoms with Gasteiger partial charge in [-0.3, -0.25) is 4.79 Å². The molecular weight excluding hydrogens is 300 g/mol. The quantitative estimate of drug-likeness (QED) is 0.930. The van der Waals surface area contributed by atoms with E-state index in [2.05, 4.69) is 5.32 Å². The standard InChI is InChI=1S/C17H15ClN2O2/c1-11-3-6-14(9-16(11)18)20-17(21)12(2)22-15-7-4-13(10-19)5-8-15/h3-9,12H,1-2H3,(H,20,21)/t12-/m1/s1. The number of hydrogen-bond donors (Lipinski definition) is 1. The first-order chi connectivity index (χ1) is 10.5. The van der Waals surface area contributed by atoms with Gasteiger partial charge in [0.2, 0.25) is 0 Å². The number of nitriles is 1. The molecule has 112 valence electrons. The summed E-state index contributed by atoms with van der Waals surface area (Å²) in [6.07, 6.45) is -0.673. The minimum Gasteiger partial charge on any atom is -0.481 e. The van der Waals surface area contributed by atoms with Crippen molar-refractivity contribution in [3.8, 4) is 11.8 Å². The summed E-state index contributed by atoms with van der Waals surface area (Å²) in [7, 11) is 0. The third-order valence-electron chi connectivity index (χ3n) is 3.10. The van der Waals surface area contributed by atoms with Crippen LogP contribution < -0.4 is 10.1 Å². The first kappa shape index (κ1) is 15.9. The second kappa shape index (κ2) is 6.97. The van der Waals surface area contributed by atoms with Crippen LogP contribution in [0.5, 0.6) is 5.75 Å². The van der Waals surface area contributed by atoms with E-state index < -0.39 is 6.10 Å². The lowest BCUT2D eigenvalue weighted by Gasteiger charge is -2.15. The van der Waals surface area contributed by atoms with E-state index in [9.17, 15) is 4.79 Å². The molecule has 0 fully saturated rings. The third kappa shape index (κ3) is 4.00. The van der Waals surface area contributed by atoms with Crippen LogP contribution in [-0.4, -0.2) is 12.0 Å². The Balaban J connectivity index is 1.99. The maximum absolute atomic E-state index is 12.1. The van der Waals surface area contributed by atoms with Crippen molar-refractivity contribution < 1.29 is 9.53 Å². The van der Waals surface area contributed by atoms with E-state index in [4.69, 9.17) is 21.6 Å². The number of rotatable bonds is 4. The largest absolute Gasteiger partial charge is 0.481 e. The fourth-order valence-electron chi connectivity index (χ4n) is 1.78. The summed E-state index contributed by atoms with van der Waals surface area (Å²) in [6, 6.07) is 13.9. The molecule has 1 amide bonds. The lowest BCUT2D eigenvalue weighted by atomic mass is 10.2. The topological polar surface area (TPSA) is 62.1 Å². The van der Waals surface area contributed by atoms with Crippen LogP contribution in [-0.2, 0) is 4.79 Å². The second-order valence-corrected chi connectivity index (χ2v) is 5.26. The molecule has 0 spiro atoms. The van der Waals surface area contributed by atoms with Crippen molar-refractivity contribution in [2.24, 2.45) is 0 Å². The van der Waals surface area contributed by atoms with E-state index in [1.807, 2.05) is 19.1 Å². The van der Waals surface area contributed by atoms with Crippen LogP contribution in [0.3, 0.4) is 0 Å². The molecule has 0 saturated heterocycles. The molecular formula is C17H15ClN2O2. The third-order valence-corrected chi connectivity index (χ3v) is 3.51. The number of amides is 1. The Bertz CT molecular complexity index is 720. The summed E-state index contributed by atoms with van der Waals surface area (Å²) in [5.74, 6) is 0.257. The summed E-state index contributed by atoms with van der Waals surface area (Å²) in [5.41, 5.74) is 2.11. The van der Waals surface area contributed by atoms with E-state index in [1.165, 1.54) is 0 Å². The van der Waals surface area contributed by atoms with E-state index in [0.29, 0.717) is 22.0 Å². The fourth-order valence-corrected chi connectivity index (χ4v) is 1.96. The van der Waals surface area contributed by atoms with Crippen LogP contribution in [0.25, 0.3) is 0 Å². The van der Waals surface area contributed by atoms with E-state index in [0.717, 1.165) is 5.56 Å². The smallest absolute Gasteiger partial charge is 0.265 e. The first-order valence-electron chi connectivity index (χ1n) is 6.73. The highest BCUT2D eigenvalue weighted by Crippen LogP contribution is 2.20. The molecule has 22 heavy (non-hydrogen) atoms. The average molecular weight is 315 g/mol. The van der Waals surface area contributed by atoms with Crippen LogP contribution in [0.1, 0.15) is 18.1 Å². The fraction of sp³-hybridized carbons (Fsp3) is 0.176. The highest BCUT2D eigenvalue weighted by molar-refractivity contribution is 6.31. The maximum Gasteiger partial charge on any atom is 0.265 e. The first-order valence-corrected chi connectivity index (χ1v) is 7.11. The number of anilines is 1. The molecule has 2 aromatic rings. The maximum atomic E-state index is 12.1. The minimum atomic E-state index is -0.673. The summed E-state index contributed by atoms with van der Waals surface area (Å²) in [6.45, 7) is 3.55. The van der Waals surface area contributed by atoms with Crippen LogP contribution in [0.4, 0.5) is 5.69 Å². The zero-order valence-electron chi connectivity index (χ0n) is 12.3. The molecule has 0 aliphatic carbocycles. The summed E-state index contributed by atoms with van der Waals surface area (Å²) >= 11 is 6.03.